The highest BCUT2D eigenvalue weighted by Crippen LogP contribution is 2.23. The lowest BCUT2D eigenvalue weighted by Gasteiger charge is -2.24. The van der Waals surface area contributed by atoms with E-state index < -0.39 is 0 Å². The number of aliphatic hydroxyl groups excluding tert-OH is 1. The van der Waals surface area contributed by atoms with Crippen molar-refractivity contribution in [3.05, 3.63) is 17.5 Å². The van der Waals surface area contributed by atoms with Gasteiger partial charge in [-0.1, -0.05) is 19.9 Å². The van der Waals surface area contributed by atoms with Gasteiger partial charge in [-0.15, -0.1) is 23.1 Å². The van der Waals surface area contributed by atoms with Crippen molar-refractivity contribution in [2.75, 3.05) is 18.9 Å². The summed E-state index contributed by atoms with van der Waals surface area (Å²) >= 11 is 3.22. The minimum absolute atomic E-state index is 0.0476. The van der Waals surface area contributed by atoms with Crippen molar-refractivity contribution < 1.29 is 9.90 Å². The van der Waals surface area contributed by atoms with Gasteiger partial charge in [0, 0.05) is 13.2 Å². The predicted octanol–water partition coefficient (Wildman–Crippen LogP) is 2.76. The number of carbonyl (C=O) groups is 1. The van der Waals surface area contributed by atoms with Crippen LogP contribution >= 0.6 is 23.1 Å². The maximum atomic E-state index is 11.7. The van der Waals surface area contributed by atoms with E-state index in [9.17, 15) is 4.79 Å². The first-order valence-corrected chi connectivity index (χ1v) is 7.94. The van der Waals surface area contributed by atoms with Crippen LogP contribution in [0.2, 0.25) is 0 Å². The van der Waals surface area contributed by atoms with Gasteiger partial charge in [-0.25, -0.2) is 0 Å². The molecule has 3 nitrogen and oxygen atoms in total. The molecular formula is C13H21NO2S2. The Balaban J connectivity index is 2.20. The summed E-state index contributed by atoms with van der Waals surface area (Å²) in [4.78, 5) is 11.7. The Bertz CT molecular complexity index is 350. The topological polar surface area (TPSA) is 49.3 Å². The first-order valence-electron chi connectivity index (χ1n) is 6.07. The molecule has 18 heavy (non-hydrogen) atoms. The van der Waals surface area contributed by atoms with Gasteiger partial charge in [0.15, 0.2) is 0 Å². The molecule has 1 heterocycles. The normalized spacial score (nSPS) is 11.5. The highest BCUT2D eigenvalue weighted by Gasteiger charge is 2.18. The molecule has 0 radical (unpaired) electrons. The van der Waals surface area contributed by atoms with Crippen LogP contribution in [0.4, 0.5) is 0 Å². The van der Waals surface area contributed by atoms with Crippen molar-refractivity contribution in [3.8, 4) is 0 Å². The van der Waals surface area contributed by atoms with Crippen LogP contribution in [0.1, 0.15) is 26.7 Å². The number of thiophene rings is 1. The highest BCUT2D eigenvalue weighted by atomic mass is 32.2. The van der Waals surface area contributed by atoms with E-state index >= 15 is 0 Å². The van der Waals surface area contributed by atoms with Crippen LogP contribution in [0.3, 0.4) is 0 Å². The van der Waals surface area contributed by atoms with Gasteiger partial charge in [0.2, 0.25) is 5.91 Å². The van der Waals surface area contributed by atoms with Crippen LogP contribution in [0.15, 0.2) is 21.7 Å². The van der Waals surface area contributed by atoms with Crippen LogP contribution in [0.25, 0.3) is 0 Å². The molecule has 0 aliphatic rings. The molecular weight excluding hydrogens is 266 g/mol. The zero-order chi connectivity index (χ0) is 13.4. The van der Waals surface area contributed by atoms with Crippen LogP contribution in [0.5, 0.6) is 0 Å². The van der Waals surface area contributed by atoms with Crippen molar-refractivity contribution in [2.24, 2.45) is 5.41 Å². The molecule has 1 amide bonds. The molecule has 0 spiro atoms. The van der Waals surface area contributed by atoms with Crippen molar-refractivity contribution in [1.82, 2.24) is 5.32 Å². The summed E-state index contributed by atoms with van der Waals surface area (Å²) in [6.45, 7) is 5.09. The molecule has 1 rings (SSSR count). The largest absolute Gasteiger partial charge is 0.396 e. The predicted molar refractivity (Wildman–Crippen MR) is 78.2 cm³/mol. The Morgan fingerprint density at radius 2 is 2.33 bits per heavy atom. The van der Waals surface area contributed by atoms with E-state index in [0.29, 0.717) is 12.3 Å². The van der Waals surface area contributed by atoms with E-state index in [0.717, 1.165) is 12.8 Å². The molecule has 0 bridgehead atoms. The number of carbonyl (C=O) groups excluding carboxylic acids is 1. The third-order valence-corrected chi connectivity index (χ3v) is 4.75. The quantitative estimate of drug-likeness (QED) is 0.723. The summed E-state index contributed by atoms with van der Waals surface area (Å²) < 4.78 is 1.17. The van der Waals surface area contributed by atoms with Crippen molar-refractivity contribution in [2.45, 2.75) is 30.9 Å². The van der Waals surface area contributed by atoms with Crippen LogP contribution in [-0.2, 0) is 4.79 Å². The number of thioether (sulfide) groups is 1. The average Bonchev–Trinajstić information content (AvgIpc) is 2.84. The first kappa shape index (κ1) is 15.5. The molecule has 102 valence electrons. The smallest absolute Gasteiger partial charge is 0.230 e. The molecule has 0 fully saturated rings. The maximum Gasteiger partial charge on any atom is 0.230 e. The third kappa shape index (κ3) is 6.42. The second-order valence-electron chi connectivity index (χ2n) is 4.99. The zero-order valence-corrected chi connectivity index (χ0v) is 12.6. The minimum atomic E-state index is 0.0476. The lowest BCUT2D eigenvalue weighted by molar-refractivity contribution is -0.119. The van der Waals surface area contributed by atoms with E-state index in [1.807, 2.05) is 17.5 Å². The Labute approximate surface area is 117 Å². The molecule has 1 aromatic rings. The lowest BCUT2D eigenvalue weighted by Crippen LogP contribution is -2.35. The van der Waals surface area contributed by atoms with Gasteiger partial charge in [-0.05, 0) is 29.7 Å². The van der Waals surface area contributed by atoms with Gasteiger partial charge in [0.25, 0.3) is 0 Å². The minimum Gasteiger partial charge on any atom is -0.396 e. The summed E-state index contributed by atoms with van der Waals surface area (Å²) in [6, 6.07) is 4.01. The lowest BCUT2D eigenvalue weighted by atomic mass is 9.88. The zero-order valence-electron chi connectivity index (χ0n) is 10.9. The van der Waals surface area contributed by atoms with Crippen molar-refractivity contribution in [1.29, 1.82) is 0 Å². The second-order valence-corrected chi connectivity index (χ2v) is 7.21. The highest BCUT2D eigenvalue weighted by molar-refractivity contribution is 8.01. The fraction of sp³-hybridized carbons (Fsp3) is 0.615. The van der Waals surface area contributed by atoms with Crippen LogP contribution in [0, 0.1) is 5.41 Å². The van der Waals surface area contributed by atoms with E-state index in [4.69, 9.17) is 5.11 Å². The number of hydrogen-bond donors (Lipinski definition) is 2. The number of hydrogen-bond acceptors (Lipinski definition) is 4. The summed E-state index contributed by atoms with van der Waals surface area (Å²) in [6.07, 6.45) is 1.70. The number of amides is 1. The van der Waals surface area contributed by atoms with E-state index in [1.54, 1.807) is 23.1 Å². The molecule has 0 saturated carbocycles. The van der Waals surface area contributed by atoms with E-state index in [1.165, 1.54) is 4.21 Å². The molecule has 2 N–H and O–H groups in total. The standard InChI is InChI=1S/C13H21NO2S2/c1-13(2,6-4-7-15)10-14-11(16)9-18-12-5-3-8-17-12/h3,5,8,15H,4,6-7,9-10H2,1-2H3,(H,14,16). The summed E-state index contributed by atoms with van der Waals surface area (Å²) in [5, 5.41) is 13.8. The van der Waals surface area contributed by atoms with Gasteiger partial charge in [0.05, 0.1) is 9.96 Å². The molecule has 1 aromatic heterocycles. The van der Waals surface area contributed by atoms with E-state index in [-0.39, 0.29) is 17.9 Å². The molecule has 0 unspecified atom stereocenters. The average molecular weight is 287 g/mol. The number of nitrogens with one attached hydrogen (secondary N) is 1. The fourth-order valence-corrected chi connectivity index (χ4v) is 3.13. The SMILES string of the molecule is CC(C)(CCCO)CNC(=O)CSc1cccs1. The molecule has 0 aliphatic carbocycles. The second kappa shape index (κ2) is 7.81. The Hall–Kier alpha value is -0.520. The summed E-state index contributed by atoms with van der Waals surface area (Å²) in [5.41, 5.74) is 0.0476. The Morgan fingerprint density at radius 3 is 2.94 bits per heavy atom. The molecule has 0 saturated heterocycles. The fourth-order valence-electron chi connectivity index (χ4n) is 1.52. The Morgan fingerprint density at radius 1 is 1.56 bits per heavy atom. The molecule has 5 heteroatoms. The number of rotatable bonds is 8. The summed E-state index contributed by atoms with van der Waals surface area (Å²) in [7, 11) is 0. The van der Waals surface area contributed by atoms with Gasteiger partial charge in [0.1, 0.15) is 0 Å². The van der Waals surface area contributed by atoms with Crippen LogP contribution in [-0.4, -0.2) is 29.9 Å². The van der Waals surface area contributed by atoms with Gasteiger partial charge in [-0.3, -0.25) is 4.79 Å². The number of aliphatic hydroxyl groups is 1. The summed E-state index contributed by atoms with van der Waals surface area (Å²) in [5.74, 6) is 0.543. The first-order chi connectivity index (χ1) is 8.53. The monoisotopic (exact) mass is 287 g/mol. The maximum absolute atomic E-state index is 11.7. The third-order valence-electron chi connectivity index (χ3n) is 2.62. The van der Waals surface area contributed by atoms with Gasteiger partial charge < -0.3 is 10.4 Å². The Kier molecular flexibility index (Phi) is 6.75. The molecule has 0 aromatic carbocycles. The van der Waals surface area contributed by atoms with Gasteiger partial charge >= 0.3 is 0 Å². The van der Waals surface area contributed by atoms with Crippen LogP contribution < -0.4 is 5.32 Å². The van der Waals surface area contributed by atoms with Gasteiger partial charge in [-0.2, -0.15) is 0 Å². The van der Waals surface area contributed by atoms with E-state index in [2.05, 4.69) is 19.2 Å². The molecule has 0 aliphatic heterocycles. The van der Waals surface area contributed by atoms with Crippen molar-refractivity contribution in [3.63, 3.8) is 0 Å². The molecule has 0 atom stereocenters. The van der Waals surface area contributed by atoms with Crippen molar-refractivity contribution >= 4 is 29.0 Å².